The zero-order valence-electron chi connectivity index (χ0n) is 35.1. The molecule has 4 heterocycles. The predicted octanol–water partition coefficient (Wildman–Crippen LogP) is 16.2. The number of benzene rings is 10. The maximum atomic E-state index is 2.57. The average Bonchev–Trinajstić information content (AvgIpc) is 4.00. The monoisotopic (exact) mass is 894 g/mol. The van der Waals surface area contributed by atoms with Gasteiger partial charge in [-0.2, -0.15) is 0 Å². The second kappa shape index (κ2) is 14.2. The number of fused-ring (bicyclic) bond motifs is 8. The van der Waals surface area contributed by atoms with Gasteiger partial charge in [0.1, 0.15) is 0 Å². The van der Waals surface area contributed by atoms with Crippen molar-refractivity contribution in [2.24, 2.45) is 0 Å². The van der Waals surface area contributed by atoms with Crippen molar-refractivity contribution in [1.29, 1.82) is 0 Å². The fourth-order valence-electron chi connectivity index (χ4n) is 10.7. The van der Waals surface area contributed by atoms with Gasteiger partial charge in [0.15, 0.2) is 0 Å². The quantitative estimate of drug-likeness (QED) is 0.148. The van der Waals surface area contributed by atoms with Gasteiger partial charge in [-0.05, 0) is 42.5 Å². The van der Waals surface area contributed by atoms with Gasteiger partial charge in [-0.15, -0.1) is 0 Å². The number of anilines is 6. The fourth-order valence-corrected chi connectivity index (χ4v) is 13.1. The van der Waals surface area contributed by atoms with Gasteiger partial charge in [-0.3, -0.25) is 0 Å². The number of aromatic nitrogens is 2. The zero-order valence-corrected chi connectivity index (χ0v) is 36.8. The minimum atomic E-state index is 0.256. The Balaban J connectivity index is 1.07. The van der Waals surface area contributed by atoms with Gasteiger partial charge < -0.3 is 0 Å². The third-order valence-electron chi connectivity index (χ3n) is 13.4. The number of rotatable bonds is 7. The molecular weight excluding hydrogens is 856 g/mol. The first-order valence-corrected chi connectivity index (χ1v) is 23.9. The van der Waals surface area contributed by atoms with Crippen LogP contribution in [0, 0.1) is 0 Å². The molecule has 0 N–H and O–H groups in total. The summed E-state index contributed by atoms with van der Waals surface area (Å²) in [4.78, 5) is 4.80. The molecule has 0 saturated heterocycles. The van der Waals surface area contributed by atoms with Crippen LogP contribution in [-0.2, 0) is 0 Å². The summed E-state index contributed by atoms with van der Waals surface area (Å²) in [6, 6.07) is 84.8. The van der Waals surface area contributed by atoms with Crippen molar-refractivity contribution in [2.45, 2.75) is 0 Å². The number of para-hydroxylation sites is 5. The fraction of sp³-hybridized carbons (Fsp3) is 0. The van der Waals surface area contributed by atoms with Gasteiger partial charge in [0, 0.05) is 22.4 Å². The Morgan fingerprint density at radius 1 is 0.292 bits per heavy atom. The standard InChI is InChI=1S/C60H38N4Se/c1-4-16-39(17-5-1)61(40-18-6-2-7-19-40)42-22-12-23-43(36-42)62(44-32-34-47-46-24-10-11-28-52(46)63(54(47)37-44)41-20-8-3-9-21-41)45-33-35-48-50-26-13-27-51-49-25-14-30-56-58(49)59-53(29-15-31-57(59)65-56)64(60(50)51)55(48)38-45/h1-38H. The van der Waals surface area contributed by atoms with Crippen molar-refractivity contribution in [3.8, 4) is 5.69 Å². The van der Waals surface area contributed by atoms with Crippen LogP contribution in [-0.4, -0.2) is 23.5 Å². The summed E-state index contributed by atoms with van der Waals surface area (Å²) in [5.74, 6) is 0. The Morgan fingerprint density at radius 2 is 0.754 bits per heavy atom. The number of nitrogens with zero attached hydrogens (tertiary/aromatic N) is 4. The Hall–Kier alpha value is -8.08. The molecule has 14 rings (SSSR count). The van der Waals surface area contributed by atoms with E-state index in [0.717, 1.165) is 45.3 Å². The molecule has 0 aliphatic heterocycles. The molecule has 0 atom stereocenters. The molecule has 5 heteroatoms. The first kappa shape index (κ1) is 36.4. The van der Waals surface area contributed by atoms with Crippen molar-refractivity contribution < 1.29 is 0 Å². The van der Waals surface area contributed by atoms with Crippen molar-refractivity contribution in [2.75, 3.05) is 9.80 Å². The van der Waals surface area contributed by atoms with Crippen molar-refractivity contribution in [3.05, 3.63) is 231 Å². The molecule has 0 amide bonds. The van der Waals surface area contributed by atoms with Crippen molar-refractivity contribution in [1.82, 2.24) is 8.97 Å². The molecule has 0 saturated carbocycles. The molecule has 65 heavy (non-hydrogen) atoms. The van der Waals surface area contributed by atoms with Crippen LogP contribution in [0.25, 0.3) is 84.9 Å². The zero-order chi connectivity index (χ0) is 42.6. The van der Waals surface area contributed by atoms with Gasteiger partial charge in [0.2, 0.25) is 0 Å². The molecule has 0 spiro atoms. The molecular formula is C60H38N4Se. The summed E-state index contributed by atoms with van der Waals surface area (Å²) in [5, 5.41) is 10.4. The first-order valence-electron chi connectivity index (χ1n) is 22.2. The molecule has 304 valence electrons. The van der Waals surface area contributed by atoms with E-state index in [9.17, 15) is 0 Å². The molecule has 10 aromatic carbocycles. The molecule has 0 aliphatic rings. The summed E-state index contributed by atoms with van der Waals surface area (Å²) in [5.41, 5.74) is 13.7. The van der Waals surface area contributed by atoms with Gasteiger partial charge in [-0.1, -0.05) is 72.8 Å². The third-order valence-corrected chi connectivity index (χ3v) is 15.7. The van der Waals surface area contributed by atoms with E-state index in [1.165, 1.54) is 73.7 Å². The van der Waals surface area contributed by atoms with E-state index in [0.29, 0.717) is 0 Å². The van der Waals surface area contributed by atoms with Crippen LogP contribution in [0.15, 0.2) is 231 Å². The van der Waals surface area contributed by atoms with E-state index >= 15 is 0 Å². The van der Waals surface area contributed by atoms with Crippen LogP contribution >= 0.6 is 0 Å². The van der Waals surface area contributed by atoms with Crippen molar-refractivity contribution in [3.63, 3.8) is 0 Å². The van der Waals surface area contributed by atoms with E-state index < -0.39 is 0 Å². The molecule has 0 radical (unpaired) electrons. The van der Waals surface area contributed by atoms with Crippen molar-refractivity contribution >= 4 is 128 Å². The number of hydrogen-bond acceptors (Lipinski definition) is 2. The van der Waals surface area contributed by atoms with Crippen LogP contribution < -0.4 is 9.80 Å². The molecule has 0 bridgehead atoms. The minimum Gasteiger partial charge on any atom is -0.0602 e. The molecule has 4 aromatic heterocycles. The average molecular weight is 894 g/mol. The topological polar surface area (TPSA) is 15.8 Å². The van der Waals surface area contributed by atoms with Gasteiger partial charge in [0.05, 0.1) is 5.52 Å². The van der Waals surface area contributed by atoms with Crippen LogP contribution in [0.3, 0.4) is 0 Å². The Bertz CT molecular complexity index is 4090. The van der Waals surface area contributed by atoms with Crippen LogP contribution in [0.5, 0.6) is 0 Å². The summed E-state index contributed by atoms with van der Waals surface area (Å²) in [6.45, 7) is 0. The van der Waals surface area contributed by atoms with E-state index in [2.05, 4.69) is 249 Å². The summed E-state index contributed by atoms with van der Waals surface area (Å²) in [7, 11) is 0. The maximum absolute atomic E-state index is 2.57. The molecule has 4 nitrogen and oxygen atoms in total. The number of hydrogen-bond donors (Lipinski definition) is 0. The largest absolute Gasteiger partial charge is 0.0602 e. The Kier molecular flexibility index (Phi) is 7.96. The SMILES string of the molecule is c1ccc(N(c2ccccc2)c2cccc(N(c3ccc4c5ccccc5n(-c5ccccc5)c4c3)c3ccc4c5cccc6c7cccc8[se]c9cccc(c9c87)n(c4c3)c65)c2)cc1. The van der Waals surface area contributed by atoms with Gasteiger partial charge in [0.25, 0.3) is 0 Å². The Morgan fingerprint density at radius 3 is 1.48 bits per heavy atom. The summed E-state index contributed by atoms with van der Waals surface area (Å²) >= 11 is 0.256. The second-order valence-corrected chi connectivity index (χ2v) is 19.2. The minimum absolute atomic E-state index is 0.256. The van der Waals surface area contributed by atoms with E-state index in [4.69, 9.17) is 0 Å². The molecule has 0 fully saturated rings. The maximum Gasteiger partial charge on any atom is -0.0380 e. The second-order valence-electron chi connectivity index (χ2n) is 16.9. The van der Waals surface area contributed by atoms with Crippen LogP contribution in [0.4, 0.5) is 34.1 Å². The van der Waals surface area contributed by atoms with E-state index in [-0.39, 0.29) is 14.5 Å². The molecule has 0 aliphatic carbocycles. The normalized spacial score (nSPS) is 12.0. The predicted molar refractivity (Wildman–Crippen MR) is 277 cm³/mol. The van der Waals surface area contributed by atoms with Gasteiger partial charge >= 0.3 is 240 Å². The first-order chi connectivity index (χ1) is 32.3. The van der Waals surface area contributed by atoms with Gasteiger partial charge in [-0.25, -0.2) is 0 Å². The van der Waals surface area contributed by atoms with Crippen LogP contribution in [0.2, 0.25) is 0 Å². The van der Waals surface area contributed by atoms with E-state index in [1.54, 1.807) is 0 Å². The summed E-state index contributed by atoms with van der Waals surface area (Å²) < 4.78 is 7.92. The molecule has 14 aromatic rings. The van der Waals surface area contributed by atoms with E-state index in [1.807, 2.05) is 0 Å². The summed E-state index contributed by atoms with van der Waals surface area (Å²) in [6.07, 6.45) is 0. The Labute approximate surface area is 380 Å². The third kappa shape index (κ3) is 5.44. The molecule has 0 unspecified atom stereocenters. The van der Waals surface area contributed by atoms with Crippen LogP contribution in [0.1, 0.15) is 0 Å². The smallest absolute Gasteiger partial charge is 0.0380 e.